The van der Waals surface area contributed by atoms with Crippen molar-refractivity contribution in [2.45, 2.75) is 13.5 Å². The Morgan fingerprint density at radius 2 is 2.00 bits per heavy atom. The van der Waals surface area contributed by atoms with Crippen LogP contribution in [-0.4, -0.2) is 27.3 Å². The molecule has 0 aliphatic carbocycles. The number of carbonyl (C=O) groups is 1. The molecule has 0 radical (unpaired) electrons. The van der Waals surface area contributed by atoms with E-state index in [1.165, 1.54) is 30.5 Å². The molecule has 0 aliphatic rings. The van der Waals surface area contributed by atoms with Crippen LogP contribution in [-0.2, 0) is 7.05 Å². The standard InChI is InChI=1S/C16H14F2N4O2/c1-9-13-7-11(8-19-14(13)22(2)21-9)20-15(23)10-3-5-12(6-4-10)24-16(17)18/h3-8,16H,1-2H3,(H,20,23). The molecular weight excluding hydrogens is 318 g/mol. The van der Waals surface area contributed by atoms with E-state index < -0.39 is 6.61 Å². The highest BCUT2D eigenvalue weighted by atomic mass is 19.3. The lowest BCUT2D eigenvalue weighted by Crippen LogP contribution is -2.12. The Bertz CT molecular complexity index is 891. The molecule has 2 aromatic heterocycles. The predicted octanol–water partition coefficient (Wildman–Crippen LogP) is 3.13. The minimum Gasteiger partial charge on any atom is -0.435 e. The summed E-state index contributed by atoms with van der Waals surface area (Å²) in [6.07, 6.45) is 1.54. The van der Waals surface area contributed by atoms with Gasteiger partial charge in [0, 0.05) is 18.0 Å². The molecule has 0 bridgehead atoms. The van der Waals surface area contributed by atoms with Gasteiger partial charge in [-0.05, 0) is 37.3 Å². The molecule has 0 aliphatic heterocycles. The molecule has 124 valence electrons. The average molecular weight is 332 g/mol. The Labute approximate surface area is 136 Å². The number of amides is 1. The van der Waals surface area contributed by atoms with Crippen LogP contribution in [0.3, 0.4) is 0 Å². The van der Waals surface area contributed by atoms with Gasteiger partial charge in [-0.3, -0.25) is 9.48 Å². The summed E-state index contributed by atoms with van der Waals surface area (Å²) < 4.78 is 30.1. The molecule has 24 heavy (non-hydrogen) atoms. The summed E-state index contributed by atoms with van der Waals surface area (Å²) in [6.45, 7) is -1.04. The maximum atomic E-state index is 12.2. The predicted molar refractivity (Wildman–Crippen MR) is 84.3 cm³/mol. The number of benzene rings is 1. The largest absolute Gasteiger partial charge is 0.435 e. The number of rotatable bonds is 4. The first-order valence-electron chi connectivity index (χ1n) is 7.09. The Morgan fingerprint density at radius 1 is 1.29 bits per heavy atom. The highest BCUT2D eigenvalue weighted by Crippen LogP contribution is 2.20. The quantitative estimate of drug-likeness (QED) is 0.797. The van der Waals surface area contributed by atoms with Crippen molar-refractivity contribution in [3.63, 3.8) is 0 Å². The molecule has 0 saturated heterocycles. The van der Waals surface area contributed by atoms with Crippen molar-refractivity contribution in [1.82, 2.24) is 14.8 Å². The Hall–Kier alpha value is -3.03. The van der Waals surface area contributed by atoms with Gasteiger partial charge in [0.15, 0.2) is 5.65 Å². The van der Waals surface area contributed by atoms with Gasteiger partial charge < -0.3 is 10.1 Å². The third-order valence-electron chi connectivity index (χ3n) is 3.46. The SMILES string of the molecule is Cc1nn(C)c2ncc(NC(=O)c3ccc(OC(F)F)cc3)cc12. The van der Waals surface area contributed by atoms with Crippen molar-refractivity contribution in [2.75, 3.05) is 5.32 Å². The maximum absolute atomic E-state index is 12.2. The zero-order valence-corrected chi connectivity index (χ0v) is 13.0. The molecule has 1 N–H and O–H groups in total. The second-order valence-electron chi connectivity index (χ2n) is 5.16. The summed E-state index contributed by atoms with van der Waals surface area (Å²) in [5, 5.41) is 7.83. The van der Waals surface area contributed by atoms with E-state index in [-0.39, 0.29) is 11.7 Å². The second-order valence-corrected chi connectivity index (χ2v) is 5.16. The third-order valence-corrected chi connectivity index (χ3v) is 3.46. The van der Waals surface area contributed by atoms with E-state index in [9.17, 15) is 13.6 Å². The maximum Gasteiger partial charge on any atom is 0.387 e. The summed E-state index contributed by atoms with van der Waals surface area (Å²) in [7, 11) is 1.80. The van der Waals surface area contributed by atoms with Crippen LogP contribution in [0.15, 0.2) is 36.5 Å². The summed E-state index contributed by atoms with van der Waals surface area (Å²) >= 11 is 0. The van der Waals surface area contributed by atoms with Crippen LogP contribution >= 0.6 is 0 Å². The van der Waals surface area contributed by atoms with Gasteiger partial charge in [-0.1, -0.05) is 0 Å². The van der Waals surface area contributed by atoms with Crippen LogP contribution in [0.2, 0.25) is 0 Å². The van der Waals surface area contributed by atoms with E-state index in [4.69, 9.17) is 0 Å². The number of ether oxygens (including phenoxy) is 1. The first-order valence-corrected chi connectivity index (χ1v) is 7.09. The zero-order valence-electron chi connectivity index (χ0n) is 13.0. The summed E-state index contributed by atoms with van der Waals surface area (Å²) in [6, 6.07) is 7.24. The third kappa shape index (κ3) is 3.17. The van der Waals surface area contributed by atoms with E-state index in [0.717, 1.165) is 16.7 Å². The topological polar surface area (TPSA) is 69.0 Å². The Balaban J connectivity index is 1.78. The summed E-state index contributed by atoms with van der Waals surface area (Å²) in [5.41, 5.74) is 2.37. The van der Waals surface area contributed by atoms with E-state index in [1.807, 2.05) is 6.92 Å². The van der Waals surface area contributed by atoms with Gasteiger partial charge >= 0.3 is 6.61 Å². The Morgan fingerprint density at radius 3 is 2.67 bits per heavy atom. The number of nitrogens with one attached hydrogen (secondary N) is 1. The molecular formula is C16H14F2N4O2. The normalized spacial score (nSPS) is 11.0. The van der Waals surface area contributed by atoms with Crippen molar-refractivity contribution in [3.8, 4) is 5.75 Å². The first-order chi connectivity index (χ1) is 11.4. The molecule has 3 rings (SSSR count). The molecule has 1 aromatic carbocycles. The molecule has 8 heteroatoms. The number of alkyl halides is 2. The van der Waals surface area contributed by atoms with Crippen molar-refractivity contribution in [2.24, 2.45) is 7.05 Å². The lowest BCUT2D eigenvalue weighted by Gasteiger charge is -2.07. The van der Waals surface area contributed by atoms with Crippen LogP contribution in [0.5, 0.6) is 5.75 Å². The lowest BCUT2D eigenvalue weighted by molar-refractivity contribution is -0.0498. The number of nitrogens with zero attached hydrogens (tertiary/aromatic N) is 3. The van der Waals surface area contributed by atoms with E-state index >= 15 is 0 Å². The summed E-state index contributed by atoms with van der Waals surface area (Å²) in [4.78, 5) is 16.5. The van der Waals surface area contributed by atoms with Crippen molar-refractivity contribution >= 4 is 22.6 Å². The first kappa shape index (κ1) is 15.9. The highest BCUT2D eigenvalue weighted by molar-refractivity contribution is 6.04. The van der Waals surface area contributed by atoms with Gasteiger partial charge in [0.2, 0.25) is 0 Å². The number of halogens is 2. The molecule has 6 nitrogen and oxygen atoms in total. The molecule has 1 amide bonds. The lowest BCUT2D eigenvalue weighted by atomic mass is 10.2. The average Bonchev–Trinajstić information content (AvgIpc) is 2.82. The molecule has 2 heterocycles. The van der Waals surface area contributed by atoms with Crippen LogP contribution in [0, 0.1) is 6.92 Å². The minimum absolute atomic E-state index is 0.00405. The molecule has 0 atom stereocenters. The van der Waals surface area contributed by atoms with Gasteiger partial charge in [-0.15, -0.1) is 0 Å². The van der Waals surface area contributed by atoms with Gasteiger partial charge in [0.1, 0.15) is 5.75 Å². The van der Waals surface area contributed by atoms with Gasteiger partial charge in [0.05, 0.1) is 17.6 Å². The number of carbonyl (C=O) groups excluding carboxylic acids is 1. The number of aryl methyl sites for hydroxylation is 2. The second kappa shape index (κ2) is 6.23. The number of hydrogen-bond acceptors (Lipinski definition) is 4. The van der Waals surface area contributed by atoms with E-state index in [1.54, 1.807) is 17.8 Å². The van der Waals surface area contributed by atoms with Gasteiger partial charge in [0.25, 0.3) is 5.91 Å². The van der Waals surface area contributed by atoms with Crippen LogP contribution in [0.1, 0.15) is 16.1 Å². The number of anilines is 1. The number of fused-ring (bicyclic) bond motifs is 1. The van der Waals surface area contributed by atoms with Gasteiger partial charge in [-0.25, -0.2) is 4.98 Å². The smallest absolute Gasteiger partial charge is 0.387 e. The number of hydrogen-bond donors (Lipinski definition) is 1. The fourth-order valence-electron chi connectivity index (χ4n) is 2.37. The monoisotopic (exact) mass is 332 g/mol. The molecule has 0 unspecified atom stereocenters. The molecule has 0 saturated carbocycles. The van der Waals surface area contributed by atoms with Crippen molar-refractivity contribution in [1.29, 1.82) is 0 Å². The fourth-order valence-corrected chi connectivity index (χ4v) is 2.37. The van der Waals surface area contributed by atoms with E-state index in [0.29, 0.717) is 11.3 Å². The van der Waals surface area contributed by atoms with Crippen LogP contribution in [0.4, 0.5) is 14.5 Å². The Kier molecular flexibility index (Phi) is 4.11. The van der Waals surface area contributed by atoms with E-state index in [2.05, 4.69) is 20.1 Å². The van der Waals surface area contributed by atoms with Crippen LogP contribution in [0.25, 0.3) is 11.0 Å². The molecule has 0 fully saturated rings. The summed E-state index contributed by atoms with van der Waals surface area (Å²) in [5.74, 6) is -0.378. The van der Waals surface area contributed by atoms with Gasteiger partial charge in [-0.2, -0.15) is 13.9 Å². The molecule has 3 aromatic rings. The number of aromatic nitrogens is 3. The van der Waals surface area contributed by atoms with Crippen molar-refractivity contribution < 1.29 is 18.3 Å². The number of pyridine rings is 1. The molecule has 0 spiro atoms. The fraction of sp³-hybridized carbons (Fsp3) is 0.188. The minimum atomic E-state index is -2.90. The highest BCUT2D eigenvalue weighted by Gasteiger charge is 2.11. The van der Waals surface area contributed by atoms with Crippen molar-refractivity contribution in [3.05, 3.63) is 47.8 Å². The zero-order chi connectivity index (χ0) is 17.3. The van der Waals surface area contributed by atoms with Crippen LogP contribution < -0.4 is 10.1 Å².